The molecule has 0 heterocycles. The number of rotatable bonds is 10. The van der Waals surface area contributed by atoms with Crippen molar-refractivity contribution in [3.05, 3.63) is 0 Å². The standard InChI is InChI=1S/C13H24O3/c1-3-5-7-8-9-10-12(14)13(15)16-11-6-4-2/h3-11H2,1-2H3. The van der Waals surface area contributed by atoms with Gasteiger partial charge in [0, 0.05) is 6.42 Å². The molecule has 0 spiro atoms. The molecule has 0 rings (SSSR count). The normalized spacial score (nSPS) is 10.1. The van der Waals surface area contributed by atoms with Gasteiger partial charge in [0.15, 0.2) is 0 Å². The van der Waals surface area contributed by atoms with Crippen LogP contribution in [0.25, 0.3) is 0 Å². The highest BCUT2D eigenvalue weighted by Gasteiger charge is 2.13. The zero-order chi connectivity index (χ0) is 12.2. The van der Waals surface area contributed by atoms with E-state index < -0.39 is 5.97 Å². The second kappa shape index (κ2) is 10.7. The van der Waals surface area contributed by atoms with E-state index in [0.717, 1.165) is 32.1 Å². The maximum absolute atomic E-state index is 11.3. The fourth-order valence-corrected chi connectivity index (χ4v) is 1.38. The van der Waals surface area contributed by atoms with E-state index in [1.54, 1.807) is 0 Å². The molecule has 0 radical (unpaired) electrons. The Balaban J connectivity index is 3.44. The van der Waals surface area contributed by atoms with Gasteiger partial charge in [0.05, 0.1) is 6.61 Å². The van der Waals surface area contributed by atoms with Crippen molar-refractivity contribution in [3.63, 3.8) is 0 Å². The zero-order valence-corrected chi connectivity index (χ0v) is 10.6. The van der Waals surface area contributed by atoms with Crippen LogP contribution in [0.1, 0.15) is 65.2 Å². The number of ether oxygens (including phenoxy) is 1. The molecule has 0 fully saturated rings. The molecule has 0 aliphatic rings. The Bertz CT molecular complexity index is 199. The monoisotopic (exact) mass is 228 g/mol. The third-order valence-electron chi connectivity index (χ3n) is 2.47. The molecule has 0 aromatic rings. The van der Waals surface area contributed by atoms with E-state index in [0.29, 0.717) is 13.0 Å². The van der Waals surface area contributed by atoms with Crippen LogP contribution in [0.3, 0.4) is 0 Å². The maximum atomic E-state index is 11.3. The van der Waals surface area contributed by atoms with Crippen molar-refractivity contribution < 1.29 is 14.3 Å². The molecule has 0 aliphatic heterocycles. The fourth-order valence-electron chi connectivity index (χ4n) is 1.38. The summed E-state index contributed by atoms with van der Waals surface area (Å²) in [5.41, 5.74) is 0. The van der Waals surface area contributed by atoms with E-state index in [2.05, 4.69) is 6.92 Å². The van der Waals surface area contributed by atoms with Crippen molar-refractivity contribution in [3.8, 4) is 0 Å². The van der Waals surface area contributed by atoms with Crippen LogP contribution >= 0.6 is 0 Å². The molecule has 94 valence electrons. The third kappa shape index (κ3) is 8.45. The van der Waals surface area contributed by atoms with Crippen LogP contribution in [0, 0.1) is 0 Å². The first-order chi connectivity index (χ1) is 7.72. The van der Waals surface area contributed by atoms with Gasteiger partial charge in [-0.1, -0.05) is 46.0 Å². The van der Waals surface area contributed by atoms with E-state index in [4.69, 9.17) is 4.74 Å². The SMILES string of the molecule is CCCCCCCC(=O)C(=O)OCCCC. The highest BCUT2D eigenvalue weighted by Crippen LogP contribution is 2.05. The summed E-state index contributed by atoms with van der Waals surface area (Å²) in [7, 11) is 0. The van der Waals surface area contributed by atoms with Crippen LogP contribution < -0.4 is 0 Å². The number of hydrogen-bond acceptors (Lipinski definition) is 3. The van der Waals surface area contributed by atoms with Crippen molar-refractivity contribution >= 4 is 11.8 Å². The van der Waals surface area contributed by atoms with E-state index in [1.807, 2.05) is 6.92 Å². The van der Waals surface area contributed by atoms with Gasteiger partial charge in [0.25, 0.3) is 0 Å². The Labute approximate surface area is 98.6 Å². The van der Waals surface area contributed by atoms with Gasteiger partial charge in [-0.25, -0.2) is 4.79 Å². The van der Waals surface area contributed by atoms with Crippen molar-refractivity contribution in [2.45, 2.75) is 65.2 Å². The van der Waals surface area contributed by atoms with Gasteiger partial charge in [-0.15, -0.1) is 0 Å². The first-order valence-corrected chi connectivity index (χ1v) is 6.42. The van der Waals surface area contributed by atoms with E-state index in [9.17, 15) is 9.59 Å². The quantitative estimate of drug-likeness (QED) is 0.327. The molecule has 0 saturated heterocycles. The van der Waals surface area contributed by atoms with Crippen LogP contribution in [0.15, 0.2) is 0 Å². The molecule has 0 aromatic carbocycles. The van der Waals surface area contributed by atoms with E-state index in [1.165, 1.54) is 12.8 Å². The number of hydrogen-bond donors (Lipinski definition) is 0. The molecular formula is C13H24O3. The summed E-state index contributed by atoms with van der Waals surface area (Å²) in [4.78, 5) is 22.5. The number of carbonyl (C=O) groups excluding carboxylic acids is 2. The number of esters is 1. The molecule has 0 aromatic heterocycles. The Morgan fingerprint density at radius 1 is 0.875 bits per heavy atom. The Morgan fingerprint density at radius 2 is 1.50 bits per heavy atom. The van der Waals surface area contributed by atoms with Crippen LogP contribution in [-0.4, -0.2) is 18.4 Å². The summed E-state index contributed by atoms with van der Waals surface area (Å²) in [6.07, 6.45) is 7.52. The van der Waals surface area contributed by atoms with Crippen LogP contribution in [-0.2, 0) is 14.3 Å². The molecular weight excluding hydrogens is 204 g/mol. The summed E-state index contributed by atoms with van der Waals surface area (Å²) in [5, 5.41) is 0. The number of carbonyl (C=O) groups is 2. The van der Waals surface area contributed by atoms with Gasteiger partial charge in [-0.05, 0) is 12.8 Å². The molecule has 0 unspecified atom stereocenters. The average molecular weight is 228 g/mol. The molecule has 0 bridgehead atoms. The summed E-state index contributed by atoms with van der Waals surface area (Å²) >= 11 is 0. The lowest BCUT2D eigenvalue weighted by Crippen LogP contribution is -2.17. The van der Waals surface area contributed by atoms with Crippen LogP contribution in [0.5, 0.6) is 0 Å². The second-order valence-corrected chi connectivity index (χ2v) is 4.08. The molecule has 0 atom stereocenters. The van der Waals surface area contributed by atoms with Crippen molar-refractivity contribution in [1.82, 2.24) is 0 Å². The Kier molecular flexibility index (Phi) is 10.1. The molecule has 0 N–H and O–H groups in total. The largest absolute Gasteiger partial charge is 0.460 e. The lowest BCUT2D eigenvalue weighted by molar-refractivity contribution is -0.154. The topological polar surface area (TPSA) is 43.4 Å². The van der Waals surface area contributed by atoms with Crippen LogP contribution in [0.4, 0.5) is 0 Å². The number of Topliss-reactive ketones (excluding diaryl/α,β-unsaturated/α-hetero) is 1. The zero-order valence-electron chi connectivity index (χ0n) is 10.6. The minimum atomic E-state index is -0.649. The molecule has 0 aliphatic carbocycles. The van der Waals surface area contributed by atoms with Gasteiger partial charge >= 0.3 is 5.97 Å². The smallest absolute Gasteiger partial charge is 0.374 e. The van der Waals surface area contributed by atoms with E-state index >= 15 is 0 Å². The van der Waals surface area contributed by atoms with Gasteiger partial charge in [-0.3, -0.25) is 4.79 Å². The molecule has 0 saturated carbocycles. The minimum absolute atomic E-state index is 0.342. The van der Waals surface area contributed by atoms with Crippen molar-refractivity contribution in [2.75, 3.05) is 6.61 Å². The summed E-state index contributed by atoms with van der Waals surface area (Å²) in [6.45, 7) is 4.54. The predicted octanol–water partition coefficient (Wildman–Crippen LogP) is 3.26. The van der Waals surface area contributed by atoms with Crippen molar-refractivity contribution in [2.24, 2.45) is 0 Å². The highest BCUT2D eigenvalue weighted by atomic mass is 16.5. The third-order valence-corrected chi connectivity index (χ3v) is 2.47. The van der Waals surface area contributed by atoms with Gasteiger partial charge < -0.3 is 4.74 Å². The average Bonchev–Trinajstić information content (AvgIpc) is 2.28. The van der Waals surface area contributed by atoms with Crippen molar-refractivity contribution in [1.29, 1.82) is 0 Å². The Morgan fingerprint density at radius 3 is 2.12 bits per heavy atom. The number of unbranched alkanes of at least 4 members (excludes halogenated alkanes) is 5. The van der Waals surface area contributed by atoms with Gasteiger partial charge in [-0.2, -0.15) is 0 Å². The first-order valence-electron chi connectivity index (χ1n) is 6.42. The molecule has 16 heavy (non-hydrogen) atoms. The van der Waals surface area contributed by atoms with E-state index in [-0.39, 0.29) is 5.78 Å². The summed E-state index contributed by atoms with van der Waals surface area (Å²) < 4.78 is 4.83. The Hall–Kier alpha value is -0.860. The van der Waals surface area contributed by atoms with Crippen LogP contribution in [0.2, 0.25) is 0 Å². The predicted molar refractivity (Wildman–Crippen MR) is 64.3 cm³/mol. The molecule has 0 amide bonds. The highest BCUT2D eigenvalue weighted by molar-refractivity contribution is 6.33. The second-order valence-electron chi connectivity index (χ2n) is 4.08. The summed E-state index contributed by atoms with van der Waals surface area (Å²) in [5.74, 6) is -1.02. The van der Waals surface area contributed by atoms with Gasteiger partial charge in [0.2, 0.25) is 5.78 Å². The lowest BCUT2D eigenvalue weighted by atomic mass is 10.1. The maximum Gasteiger partial charge on any atom is 0.374 e. The minimum Gasteiger partial charge on any atom is -0.460 e. The molecule has 3 heteroatoms. The molecule has 3 nitrogen and oxygen atoms in total. The lowest BCUT2D eigenvalue weighted by Gasteiger charge is -2.02. The summed E-state index contributed by atoms with van der Waals surface area (Å²) in [6, 6.07) is 0. The fraction of sp³-hybridized carbons (Fsp3) is 0.846. The van der Waals surface area contributed by atoms with Gasteiger partial charge in [0.1, 0.15) is 0 Å². The number of ketones is 1. The first kappa shape index (κ1) is 15.1.